The summed E-state index contributed by atoms with van der Waals surface area (Å²) in [6.45, 7) is 15.9. The molecule has 3 aromatic rings. The molecule has 0 aliphatic carbocycles. The van der Waals surface area contributed by atoms with Crippen LogP contribution in [0.3, 0.4) is 0 Å². The molecule has 1 saturated heterocycles. The molecular weight excluding hydrogens is 584 g/mol. The molecule has 244 valence electrons. The lowest BCUT2D eigenvalue weighted by molar-refractivity contribution is -0.146. The fourth-order valence-electron chi connectivity index (χ4n) is 6.61. The van der Waals surface area contributed by atoms with Gasteiger partial charge in [-0.05, 0) is 78.9 Å². The molecule has 2 aliphatic heterocycles. The van der Waals surface area contributed by atoms with Gasteiger partial charge >= 0.3 is 5.97 Å². The summed E-state index contributed by atoms with van der Waals surface area (Å²) < 4.78 is 13.2. The van der Waals surface area contributed by atoms with E-state index in [1.165, 1.54) is 21.3 Å². The zero-order valence-corrected chi connectivity index (χ0v) is 28.5. The van der Waals surface area contributed by atoms with Gasteiger partial charge in [0.25, 0.3) is 0 Å². The Balaban J connectivity index is 1.17. The highest BCUT2D eigenvalue weighted by Gasteiger charge is 2.41. The molecule has 8 nitrogen and oxygen atoms in total. The lowest BCUT2D eigenvalue weighted by Gasteiger charge is -2.41. The van der Waals surface area contributed by atoms with Gasteiger partial charge in [-0.25, -0.2) is 0 Å². The Morgan fingerprint density at radius 3 is 2.56 bits per heavy atom. The number of carbonyl (C=O) groups is 2. The van der Waals surface area contributed by atoms with Gasteiger partial charge in [0.1, 0.15) is 11.8 Å². The van der Waals surface area contributed by atoms with Gasteiger partial charge in [0.05, 0.1) is 12.3 Å². The van der Waals surface area contributed by atoms with Crippen LogP contribution in [0.2, 0.25) is 0 Å². The standard InChI is InChI=1S/C36H50N4O4S/c1-6-26-21-27(22-30-33(26)36(5,7-2)23-32(41)40(30)24-44-35(42)34(37)25(3)4)43-19-9-8-14-38-15-17-39(18-16-38)29-11-10-12-31-28(29)13-20-45-31/h10-13,20-22,25,34H,6-9,14-19,23-24,37H2,1-5H3. The smallest absolute Gasteiger partial charge is 0.324 e. The van der Waals surface area contributed by atoms with Gasteiger partial charge in [-0.2, -0.15) is 0 Å². The number of hydrogen-bond donors (Lipinski definition) is 1. The number of nitrogens with zero attached hydrogens (tertiary/aromatic N) is 3. The number of anilines is 2. The molecule has 0 saturated carbocycles. The summed E-state index contributed by atoms with van der Waals surface area (Å²) in [6.07, 6.45) is 4.05. The van der Waals surface area contributed by atoms with Crippen LogP contribution in [0.4, 0.5) is 11.4 Å². The average Bonchev–Trinajstić information content (AvgIpc) is 3.53. The first kappa shape index (κ1) is 33.2. The van der Waals surface area contributed by atoms with E-state index >= 15 is 0 Å². The second-order valence-electron chi connectivity index (χ2n) is 13.1. The number of carbonyl (C=O) groups excluding carboxylic acids is 2. The molecule has 2 aromatic carbocycles. The van der Waals surface area contributed by atoms with E-state index in [2.05, 4.69) is 66.3 Å². The number of nitrogens with two attached hydrogens (primary N) is 1. The summed E-state index contributed by atoms with van der Waals surface area (Å²) >= 11 is 1.81. The summed E-state index contributed by atoms with van der Waals surface area (Å²) in [5, 5.41) is 3.55. The van der Waals surface area contributed by atoms with Crippen molar-refractivity contribution in [3.8, 4) is 5.75 Å². The van der Waals surface area contributed by atoms with Gasteiger partial charge in [0.15, 0.2) is 6.73 Å². The van der Waals surface area contributed by atoms with Crippen molar-refractivity contribution in [3.05, 3.63) is 52.9 Å². The quantitative estimate of drug-likeness (QED) is 0.174. The van der Waals surface area contributed by atoms with Crippen LogP contribution in [0.5, 0.6) is 5.75 Å². The first-order valence-corrected chi connectivity index (χ1v) is 17.5. The lowest BCUT2D eigenvalue weighted by atomic mass is 9.71. The third-order valence-corrected chi connectivity index (χ3v) is 10.6. The number of fused-ring (bicyclic) bond motifs is 2. The third kappa shape index (κ3) is 7.31. The highest BCUT2D eigenvalue weighted by molar-refractivity contribution is 7.17. The summed E-state index contributed by atoms with van der Waals surface area (Å²) in [5.74, 6) is 0.162. The molecular formula is C36H50N4O4S. The van der Waals surface area contributed by atoms with E-state index in [-0.39, 0.29) is 24.0 Å². The monoisotopic (exact) mass is 634 g/mol. The van der Waals surface area contributed by atoms with E-state index in [1.807, 2.05) is 19.9 Å². The number of aryl methyl sites for hydroxylation is 1. The van der Waals surface area contributed by atoms with Crippen molar-refractivity contribution in [2.45, 2.75) is 78.2 Å². The van der Waals surface area contributed by atoms with Crippen molar-refractivity contribution in [3.63, 3.8) is 0 Å². The Labute approximate surface area is 272 Å². The number of piperazine rings is 1. The normalized spacial score (nSPS) is 19.7. The zero-order chi connectivity index (χ0) is 32.1. The number of esters is 1. The van der Waals surface area contributed by atoms with Crippen LogP contribution in [0.1, 0.15) is 71.4 Å². The Morgan fingerprint density at radius 2 is 1.84 bits per heavy atom. The van der Waals surface area contributed by atoms with Crippen molar-refractivity contribution in [2.24, 2.45) is 11.7 Å². The molecule has 3 heterocycles. The maximum absolute atomic E-state index is 13.4. The molecule has 45 heavy (non-hydrogen) atoms. The summed E-state index contributed by atoms with van der Waals surface area (Å²) in [6, 6.07) is 12.2. The van der Waals surface area contributed by atoms with E-state index in [1.54, 1.807) is 16.2 Å². The molecule has 2 unspecified atom stereocenters. The highest BCUT2D eigenvalue weighted by Crippen LogP contribution is 2.46. The van der Waals surface area contributed by atoms with Crippen LogP contribution in [-0.4, -0.2) is 68.9 Å². The lowest BCUT2D eigenvalue weighted by Crippen LogP contribution is -2.46. The summed E-state index contributed by atoms with van der Waals surface area (Å²) in [4.78, 5) is 32.6. The molecule has 0 radical (unpaired) electrons. The number of thiophene rings is 1. The molecule has 0 bridgehead atoms. The molecule has 5 rings (SSSR count). The fourth-order valence-corrected chi connectivity index (χ4v) is 7.42. The predicted octanol–water partition coefficient (Wildman–Crippen LogP) is 6.33. The van der Waals surface area contributed by atoms with E-state index in [9.17, 15) is 9.59 Å². The molecule has 2 N–H and O–H groups in total. The number of hydrogen-bond acceptors (Lipinski definition) is 8. The van der Waals surface area contributed by atoms with Gasteiger partial charge in [0, 0.05) is 59.9 Å². The van der Waals surface area contributed by atoms with E-state index in [4.69, 9.17) is 15.2 Å². The van der Waals surface area contributed by atoms with Crippen LogP contribution < -0.4 is 20.3 Å². The highest BCUT2D eigenvalue weighted by atomic mass is 32.1. The van der Waals surface area contributed by atoms with Crippen LogP contribution in [0.25, 0.3) is 10.1 Å². The first-order valence-electron chi connectivity index (χ1n) is 16.6. The maximum Gasteiger partial charge on any atom is 0.324 e. The Bertz CT molecular complexity index is 1480. The van der Waals surface area contributed by atoms with Crippen LogP contribution in [0, 0.1) is 5.92 Å². The van der Waals surface area contributed by atoms with E-state index in [0.29, 0.717) is 13.0 Å². The molecule has 2 atom stereocenters. The Hall–Kier alpha value is -3.14. The fraction of sp³-hybridized carbons (Fsp3) is 0.556. The minimum Gasteiger partial charge on any atom is -0.494 e. The van der Waals surface area contributed by atoms with Crippen LogP contribution in [0.15, 0.2) is 41.8 Å². The molecule has 1 fully saturated rings. The largest absolute Gasteiger partial charge is 0.494 e. The van der Waals surface area contributed by atoms with Crippen molar-refractivity contribution >= 4 is 44.7 Å². The molecule has 0 spiro atoms. The molecule has 2 aliphatic rings. The molecule has 9 heteroatoms. The average molecular weight is 635 g/mol. The van der Waals surface area contributed by atoms with Crippen LogP contribution >= 0.6 is 11.3 Å². The van der Waals surface area contributed by atoms with Crippen molar-refractivity contribution < 1.29 is 19.1 Å². The first-order chi connectivity index (χ1) is 21.6. The minimum atomic E-state index is -0.726. The summed E-state index contributed by atoms with van der Waals surface area (Å²) in [5.41, 5.74) is 10.2. The van der Waals surface area contributed by atoms with Gasteiger partial charge in [-0.1, -0.05) is 40.7 Å². The zero-order valence-electron chi connectivity index (χ0n) is 27.6. The van der Waals surface area contributed by atoms with Gasteiger partial charge in [0.2, 0.25) is 5.91 Å². The van der Waals surface area contributed by atoms with Gasteiger partial charge in [-0.15, -0.1) is 11.3 Å². The SMILES string of the molecule is CCc1cc(OCCCCN2CCN(c3cccc4sccc34)CC2)cc2c1C(C)(CC)CC(=O)N2COC(=O)C(N)C(C)C. The summed E-state index contributed by atoms with van der Waals surface area (Å²) in [7, 11) is 0. The number of unbranched alkanes of at least 4 members (excludes halogenated alkanes) is 1. The van der Waals surface area contributed by atoms with Gasteiger partial charge in [-0.3, -0.25) is 19.4 Å². The maximum atomic E-state index is 13.4. The minimum absolute atomic E-state index is 0.0479. The molecule has 1 amide bonds. The van der Waals surface area contributed by atoms with Crippen molar-refractivity contribution in [1.82, 2.24) is 4.90 Å². The molecule has 1 aromatic heterocycles. The number of rotatable bonds is 13. The Morgan fingerprint density at radius 1 is 1.07 bits per heavy atom. The van der Waals surface area contributed by atoms with Crippen LogP contribution in [-0.2, 0) is 26.2 Å². The third-order valence-electron chi connectivity index (χ3n) is 9.72. The van der Waals surface area contributed by atoms with Crippen molar-refractivity contribution in [1.29, 1.82) is 0 Å². The number of ether oxygens (including phenoxy) is 2. The number of amides is 1. The number of benzene rings is 2. The second-order valence-corrected chi connectivity index (χ2v) is 14.0. The van der Waals surface area contributed by atoms with E-state index < -0.39 is 12.0 Å². The second kappa shape index (κ2) is 14.5. The topological polar surface area (TPSA) is 88.3 Å². The Kier molecular flexibility index (Phi) is 10.7. The van der Waals surface area contributed by atoms with Crippen molar-refractivity contribution in [2.75, 3.05) is 55.9 Å². The van der Waals surface area contributed by atoms with E-state index in [0.717, 1.165) is 75.4 Å². The predicted molar refractivity (Wildman–Crippen MR) is 185 cm³/mol. The van der Waals surface area contributed by atoms with Gasteiger partial charge < -0.3 is 20.1 Å².